The summed E-state index contributed by atoms with van der Waals surface area (Å²) in [6, 6.07) is 19.9. The van der Waals surface area contributed by atoms with Gasteiger partial charge in [-0.1, -0.05) is 30.2 Å². The number of fused-ring (bicyclic) bond motifs is 1. The first-order chi connectivity index (χ1) is 22.7. The van der Waals surface area contributed by atoms with Crippen LogP contribution in [0.25, 0.3) is 28.6 Å². The summed E-state index contributed by atoms with van der Waals surface area (Å²) in [6.45, 7) is 5.75. The topological polar surface area (TPSA) is 130 Å². The molecule has 10 nitrogen and oxygen atoms in total. The highest BCUT2D eigenvalue weighted by atomic mass is 16.5. The number of carbonyl (C=O) groups excluding carboxylic acids is 1. The van der Waals surface area contributed by atoms with Gasteiger partial charge in [0.15, 0.2) is 11.5 Å². The molecule has 10 heteroatoms. The number of carbonyl (C=O) groups is 1. The molecule has 1 aliphatic rings. The Morgan fingerprint density at radius 1 is 1.04 bits per heavy atom. The zero-order chi connectivity index (χ0) is 33.1. The van der Waals surface area contributed by atoms with Crippen molar-refractivity contribution in [2.75, 3.05) is 5.73 Å². The van der Waals surface area contributed by atoms with E-state index in [0.29, 0.717) is 34.4 Å². The monoisotopic (exact) mass is 625 g/mol. The first-order valence-corrected chi connectivity index (χ1v) is 15.4. The van der Waals surface area contributed by atoms with E-state index in [1.807, 2.05) is 107 Å². The highest BCUT2D eigenvalue weighted by molar-refractivity contribution is 5.97. The van der Waals surface area contributed by atoms with E-state index in [-0.39, 0.29) is 23.2 Å². The van der Waals surface area contributed by atoms with Gasteiger partial charge in [0, 0.05) is 35.8 Å². The summed E-state index contributed by atoms with van der Waals surface area (Å²) in [6.07, 6.45) is 6.83. The van der Waals surface area contributed by atoms with Crippen LogP contribution in [0.2, 0.25) is 0 Å². The normalized spacial score (nSPS) is 12.8. The van der Waals surface area contributed by atoms with Crippen molar-refractivity contribution in [2.45, 2.75) is 45.8 Å². The minimum absolute atomic E-state index is 0.00292. The second-order valence-corrected chi connectivity index (χ2v) is 11.6. The zero-order valence-electron chi connectivity index (χ0n) is 26.7. The van der Waals surface area contributed by atoms with Crippen molar-refractivity contribution in [2.24, 2.45) is 7.05 Å². The number of benzene rings is 2. The van der Waals surface area contributed by atoms with Gasteiger partial charge in [-0.05, 0) is 93.3 Å². The van der Waals surface area contributed by atoms with Crippen molar-refractivity contribution in [3.63, 3.8) is 0 Å². The molecule has 0 bridgehead atoms. The number of hydrogen-bond acceptors (Lipinski definition) is 7. The third kappa shape index (κ3) is 6.70. The number of aryl methyl sites for hydroxylation is 1. The summed E-state index contributed by atoms with van der Waals surface area (Å²) >= 11 is 0. The van der Waals surface area contributed by atoms with Gasteiger partial charge in [0.2, 0.25) is 0 Å². The fourth-order valence-corrected chi connectivity index (χ4v) is 5.54. The molecule has 6 rings (SSSR count). The lowest BCUT2D eigenvalue weighted by atomic mass is 9.99. The predicted molar refractivity (Wildman–Crippen MR) is 182 cm³/mol. The molecule has 3 heterocycles. The maximum absolute atomic E-state index is 14.3. The second-order valence-electron chi connectivity index (χ2n) is 11.6. The molecule has 0 radical (unpaired) electrons. The first kappa shape index (κ1) is 31.0. The molecule has 5 aromatic rings. The molecule has 3 N–H and O–H groups in total. The van der Waals surface area contributed by atoms with Crippen molar-refractivity contribution >= 4 is 23.4 Å². The van der Waals surface area contributed by atoms with Crippen molar-refractivity contribution in [1.82, 2.24) is 29.6 Å². The Morgan fingerprint density at radius 2 is 1.81 bits per heavy atom. The minimum Gasteiger partial charge on any atom is -0.491 e. The number of pyridine rings is 1. The summed E-state index contributed by atoms with van der Waals surface area (Å²) in [7, 11) is 1.84. The molecule has 0 unspecified atom stereocenters. The van der Waals surface area contributed by atoms with E-state index in [2.05, 4.69) is 32.2 Å². The Kier molecular flexibility index (Phi) is 8.71. The van der Waals surface area contributed by atoms with Crippen molar-refractivity contribution in [3.8, 4) is 34.5 Å². The summed E-state index contributed by atoms with van der Waals surface area (Å²) < 4.78 is 9.06. The molecule has 1 aliphatic carbocycles. The molecular formula is C37H35N7O3. The van der Waals surface area contributed by atoms with Crippen LogP contribution in [0, 0.1) is 11.8 Å². The maximum atomic E-state index is 14.3. The molecule has 0 saturated carbocycles. The molecule has 47 heavy (non-hydrogen) atoms. The van der Waals surface area contributed by atoms with Crippen LogP contribution in [0.3, 0.4) is 0 Å². The number of para-hydroxylation sites is 1. The lowest BCUT2D eigenvalue weighted by molar-refractivity contribution is 0.0934. The van der Waals surface area contributed by atoms with Crippen LogP contribution in [-0.4, -0.2) is 36.3 Å². The number of ether oxygens (including phenoxy) is 1. The number of nitrogens with two attached hydrogens (primary N) is 1. The van der Waals surface area contributed by atoms with Gasteiger partial charge in [0.05, 0.1) is 29.3 Å². The fourth-order valence-electron chi connectivity index (χ4n) is 5.54. The quantitative estimate of drug-likeness (QED) is 0.264. The van der Waals surface area contributed by atoms with Gasteiger partial charge in [0.25, 0.3) is 11.5 Å². The number of amides is 1. The average Bonchev–Trinajstić information content (AvgIpc) is 3.49. The van der Waals surface area contributed by atoms with Gasteiger partial charge < -0.3 is 15.8 Å². The molecule has 1 amide bonds. The van der Waals surface area contributed by atoms with Crippen LogP contribution in [0.1, 0.15) is 61.5 Å². The smallest absolute Gasteiger partial charge is 0.274 e. The number of rotatable bonds is 7. The van der Waals surface area contributed by atoms with Gasteiger partial charge in [-0.2, -0.15) is 5.10 Å². The Bertz CT molecular complexity index is 2210. The lowest BCUT2D eigenvalue weighted by Crippen LogP contribution is -2.49. The highest BCUT2D eigenvalue weighted by Gasteiger charge is 2.22. The van der Waals surface area contributed by atoms with Gasteiger partial charge >= 0.3 is 0 Å². The van der Waals surface area contributed by atoms with Crippen LogP contribution in [0.5, 0.6) is 5.75 Å². The molecule has 0 saturated heterocycles. The van der Waals surface area contributed by atoms with E-state index < -0.39 is 11.9 Å². The highest BCUT2D eigenvalue weighted by Crippen LogP contribution is 2.23. The fraction of sp³-hybridized carbons (Fsp3) is 0.216. The van der Waals surface area contributed by atoms with Crippen LogP contribution in [-0.2, 0) is 7.05 Å². The molecule has 0 fully saturated rings. The van der Waals surface area contributed by atoms with Gasteiger partial charge in [0.1, 0.15) is 11.4 Å². The standard InChI is InChI=1S/C37H35N7O3/c1-23(2)47-30-17-14-25(15-18-30)31-22-39-35(38)34(41-31)36(45)40-24(3)32-21-27-10-8-9-26(13-16-28-19-20-43(4)42-28)33(27)37(46)44(32)29-11-6-5-7-12-29/h5-7,10-12,14-15,17-24H,8-9H2,1-4H3,(H2,38,39)(H,40,45)/t24-/m0/s1. The van der Waals surface area contributed by atoms with E-state index in [1.54, 1.807) is 9.25 Å². The number of anilines is 1. The van der Waals surface area contributed by atoms with Crippen LogP contribution in [0.4, 0.5) is 5.82 Å². The van der Waals surface area contributed by atoms with Crippen LogP contribution in [0.15, 0.2) is 83.9 Å². The van der Waals surface area contributed by atoms with Gasteiger partial charge in [-0.15, -0.1) is 0 Å². The van der Waals surface area contributed by atoms with E-state index in [4.69, 9.17) is 10.5 Å². The minimum atomic E-state index is -0.601. The van der Waals surface area contributed by atoms with Gasteiger partial charge in [-0.3, -0.25) is 18.8 Å². The molecule has 2 aromatic carbocycles. The lowest BCUT2D eigenvalue weighted by Gasteiger charge is -2.21. The van der Waals surface area contributed by atoms with Crippen molar-refractivity contribution in [3.05, 3.63) is 117 Å². The number of hydrogen-bond donors (Lipinski definition) is 2. The number of nitrogens with zero attached hydrogens (tertiary/aromatic N) is 5. The molecule has 0 aliphatic heterocycles. The Morgan fingerprint density at radius 3 is 2.51 bits per heavy atom. The van der Waals surface area contributed by atoms with E-state index in [9.17, 15) is 9.59 Å². The Labute approximate surface area is 272 Å². The largest absolute Gasteiger partial charge is 0.491 e. The third-order valence-electron chi connectivity index (χ3n) is 7.73. The first-order valence-electron chi connectivity index (χ1n) is 15.4. The summed E-state index contributed by atoms with van der Waals surface area (Å²) in [4.78, 5) is 36.8. The molecule has 0 spiro atoms. The maximum Gasteiger partial charge on any atom is 0.274 e. The molecule has 3 aromatic heterocycles. The Hall–Kier alpha value is -5.95. The van der Waals surface area contributed by atoms with E-state index >= 15 is 0 Å². The van der Waals surface area contributed by atoms with E-state index in [0.717, 1.165) is 28.5 Å². The zero-order valence-corrected chi connectivity index (χ0v) is 26.7. The van der Waals surface area contributed by atoms with Crippen LogP contribution < -0.4 is 31.8 Å². The van der Waals surface area contributed by atoms with Crippen molar-refractivity contribution < 1.29 is 9.53 Å². The summed E-state index contributed by atoms with van der Waals surface area (Å²) in [5.41, 5.74) is 9.86. The number of nitrogen functional groups attached to an aromatic ring is 1. The molecular weight excluding hydrogens is 590 g/mol. The Balaban J connectivity index is 1.38. The molecule has 236 valence electrons. The van der Waals surface area contributed by atoms with Gasteiger partial charge in [-0.25, -0.2) is 9.97 Å². The predicted octanol–water partition coefficient (Wildman–Crippen LogP) is 3.67. The molecule has 1 atom stereocenters. The third-order valence-corrected chi connectivity index (χ3v) is 7.73. The SMILES string of the molecule is CC(C)Oc1ccc(-c2cnc(N)c(C(=O)N[C@@H](C)c3cc4c(c(=O)n3-c3ccccc3)=C(C#Cc3ccn(C)n3)CCC=4)n2)cc1. The number of nitrogens with one attached hydrogen (secondary N) is 1. The second kappa shape index (κ2) is 13.2. The number of aromatic nitrogens is 5. The van der Waals surface area contributed by atoms with E-state index in [1.165, 1.54) is 6.20 Å². The summed E-state index contributed by atoms with van der Waals surface area (Å²) in [5.74, 6) is 6.55. The van der Waals surface area contributed by atoms with Crippen molar-refractivity contribution in [1.29, 1.82) is 0 Å². The summed E-state index contributed by atoms with van der Waals surface area (Å²) in [5, 5.41) is 8.68. The van der Waals surface area contributed by atoms with Crippen LogP contribution >= 0.6 is 0 Å². The average molecular weight is 626 g/mol.